The normalized spacial score (nSPS) is 20.9. The highest BCUT2D eigenvalue weighted by Crippen LogP contribution is 2.39. The number of fused-ring (bicyclic) bond motifs is 1. The van der Waals surface area contributed by atoms with E-state index in [2.05, 4.69) is 4.98 Å². The molecule has 33 heavy (non-hydrogen) atoms. The second-order valence-electron chi connectivity index (χ2n) is 10.7. The van der Waals surface area contributed by atoms with Crippen molar-refractivity contribution in [1.82, 2.24) is 14.5 Å². The highest BCUT2D eigenvalue weighted by molar-refractivity contribution is 6.62. The highest BCUT2D eigenvalue weighted by atomic mass is 19.4. The van der Waals surface area contributed by atoms with Gasteiger partial charge in [0.15, 0.2) is 0 Å². The number of carbonyl (C=O) groups is 1. The fourth-order valence-corrected chi connectivity index (χ4v) is 3.91. The minimum absolute atomic E-state index is 0.0170. The van der Waals surface area contributed by atoms with E-state index < -0.39 is 41.8 Å². The summed E-state index contributed by atoms with van der Waals surface area (Å²) in [5, 5.41) is 0. The van der Waals surface area contributed by atoms with Gasteiger partial charge in [0.1, 0.15) is 5.60 Å². The van der Waals surface area contributed by atoms with E-state index in [-0.39, 0.29) is 35.6 Å². The van der Waals surface area contributed by atoms with Crippen molar-refractivity contribution in [3.63, 3.8) is 0 Å². The summed E-state index contributed by atoms with van der Waals surface area (Å²) in [7, 11) is -0.933. The number of benzene rings is 1. The quantitative estimate of drug-likeness (QED) is 0.622. The molecule has 7 nitrogen and oxygen atoms in total. The van der Waals surface area contributed by atoms with Crippen LogP contribution in [0.1, 0.15) is 60.1 Å². The molecule has 4 rings (SSSR count). The van der Waals surface area contributed by atoms with Gasteiger partial charge in [0.2, 0.25) is 0 Å². The van der Waals surface area contributed by atoms with E-state index in [1.165, 1.54) is 15.8 Å². The summed E-state index contributed by atoms with van der Waals surface area (Å²) >= 11 is 0. The lowest BCUT2D eigenvalue weighted by Gasteiger charge is -2.40. The first-order valence-corrected chi connectivity index (χ1v) is 10.9. The smallest absolute Gasteiger partial charge is 0.444 e. The molecule has 0 bridgehead atoms. The van der Waals surface area contributed by atoms with Gasteiger partial charge < -0.3 is 23.5 Å². The molecule has 2 saturated heterocycles. The molecule has 0 unspecified atom stereocenters. The average Bonchev–Trinajstić information content (AvgIpc) is 3.08. The van der Waals surface area contributed by atoms with Gasteiger partial charge in [0.25, 0.3) is 0 Å². The Hall–Kier alpha value is -2.27. The molecule has 2 aliphatic heterocycles. The zero-order valence-corrected chi connectivity index (χ0v) is 19.9. The monoisotopic (exact) mass is 467 g/mol. The first kappa shape index (κ1) is 23.9. The number of amides is 1. The summed E-state index contributed by atoms with van der Waals surface area (Å²) in [6.07, 6.45) is -3.70. The minimum atomic E-state index is -4.61. The molecule has 1 amide bonds. The molecule has 0 atom stereocenters. The number of hydrogen-bond donors (Lipinski definition) is 0. The third kappa shape index (κ3) is 4.32. The second kappa shape index (κ2) is 7.37. The topological polar surface area (TPSA) is 65.8 Å². The van der Waals surface area contributed by atoms with Crippen molar-refractivity contribution in [3.8, 4) is 0 Å². The summed E-state index contributed by atoms with van der Waals surface area (Å²) in [6.45, 7) is 13.2. The lowest BCUT2D eigenvalue weighted by Crippen LogP contribution is -2.52. The Bertz CT molecular complexity index is 1070. The van der Waals surface area contributed by atoms with E-state index in [4.69, 9.17) is 14.0 Å². The van der Waals surface area contributed by atoms with Crippen LogP contribution in [0.15, 0.2) is 18.5 Å². The number of imidazole rings is 1. The number of ether oxygens (including phenoxy) is 1. The van der Waals surface area contributed by atoms with Gasteiger partial charge in [0, 0.05) is 13.1 Å². The minimum Gasteiger partial charge on any atom is -0.444 e. The molecule has 0 saturated carbocycles. The fourth-order valence-electron chi connectivity index (χ4n) is 3.91. The van der Waals surface area contributed by atoms with Crippen LogP contribution in [0.2, 0.25) is 0 Å². The maximum absolute atomic E-state index is 14.1. The molecule has 1 aromatic carbocycles. The third-order valence-electron chi connectivity index (χ3n) is 6.43. The van der Waals surface area contributed by atoms with Crippen molar-refractivity contribution in [2.75, 3.05) is 13.1 Å². The largest absolute Gasteiger partial charge is 0.494 e. The van der Waals surface area contributed by atoms with Crippen LogP contribution in [0.5, 0.6) is 0 Å². The molecule has 2 aromatic rings. The number of carbonyl (C=O) groups excluding carboxylic acids is 1. The summed E-state index contributed by atoms with van der Waals surface area (Å²) < 4.78 is 61.1. The molecule has 3 heterocycles. The number of likely N-dealkylation sites (tertiary alicyclic amines) is 1. The van der Waals surface area contributed by atoms with Crippen LogP contribution in [0.25, 0.3) is 11.0 Å². The number of alkyl halides is 3. The first-order chi connectivity index (χ1) is 15.0. The van der Waals surface area contributed by atoms with Gasteiger partial charge in [-0.15, -0.1) is 0 Å². The maximum Gasteiger partial charge on any atom is 0.494 e. The van der Waals surface area contributed by atoms with Gasteiger partial charge in [-0.25, -0.2) is 9.78 Å². The number of halogens is 3. The second-order valence-corrected chi connectivity index (χ2v) is 10.7. The first-order valence-electron chi connectivity index (χ1n) is 10.9. The third-order valence-corrected chi connectivity index (χ3v) is 6.43. The Morgan fingerprint density at radius 1 is 1.12 bits per heavy atom. The lowest BCUT2D eigenvalue weighted by atomic mass is 9.78. The molecule has 2 fully saturated rings. The van der Waals surface area contributed by atoms with Crippen LogP contribution in [-0.2, 0) is 20.2 Å². The Balaban J connectivity index is 1.65. The SMILES string of the molecule is CC(C)(C)OC(=O)N1CC(n2cnc3cc(B4OC(C)(C)C(C)(C)O4)cc(C(F)(F)F)c32)C1. The molecule has 180 valence electrons. The van der Waals surface area contributed by atoms with Gasteiger partial charge in [-0.2, -0.15) is 13.2 Å². The lowest BCUT2D eigenvalue weighted by molar-refractivity contribution is -0.136. The highest BCUT2D eigenvalue weighted by Gasteiger charge is 2.52. The Kier molecular flexibility index (Phi) is 5.33. The summed E-state index contributed by atoms with van der Waals surface area (Å²) in [5.74, 6) is 0. The van der Waals surface area contributed by atoms with Crippen molar-refractivity contribution in [2.24, 2.45) is 0 Å². The Labute approximate surface area is 191 Å². The van der Waals surface area contributed by atoms with Gasteiger partial charge in [-0.1, -0.05) is 0 Å². The molecule has 2 aliphatic rings. The van der Waals surface area contributed by atoms with Crippen LogP contribution in [-0.4, -0.2) is 57.6 Å². The van der Waals surface area contributed by atoms with Gasteiger partial charge in [-0.05, 0) is 66.1 Å². The molecule has 0 spiro atoms. The van der Waals surface area contributed by atoms with Gasteiger partial charge >= 0.3 is 19.4 Å². The Morgan fingerprint density at radius 3 is 2.21 bits per heavy atom. The van der Waals surface area contributed by atoms with Crippen molar-refractivity contribution in [3.05, 3.63) is 24.0 Å². The number of hydrogen-bond acceptors (Lipinski definition) is 5. The van der Waals surface area contributed by atoms with Crippen molar-refractivity contribution >= 4 is 29.7 Å². The molecule has 0 aliphatic carbocycles. The summed E-state index contributed by atoms with van der Waals surface area (Å²) in [6, 6.07) is 2.33. The van der Waals surface area contributed by atoms with Crippen LogP contribution in [0, 0.1) is 0 Å². The predicted molar refractivity (Wildman–Crippen MR) is 117 cm³/mol. The maximum atomic E-state index is 14.1. The molecule has 0 N–H and O–H groups in total. The fraction of sp³-hybridized carbons (Fsp3) is 0.636. The zero-order valence-electron chi connectivity index (χ0n) is 19.9. The Morgan fingerprint density at radius 2 is 1.70 bits per heavy atom. The standard InChI is InChI=1S/C22H29BF3N3O4/c1-19(2,3)31-18(30)28-10-14(11-28)29-12-27-16-9-13(8-15(17(16)29)22(24,25)26)23-32-20(4,5)21(6,7)33-23/h8-9,12,14H,10-11H2,1-7H3. The molecular formula is C22H29BF3N3O4. The van der Waals surface area contributed by atoms with E-state index in [1.54, 1.807) is 26.8 Å². The molecular weight excluding hydrogens is 438 g/mol. The van der Waals surface area contributed by atoms with Crippen LogP contribution in [0.3, 0.4) is 0 Å². The van der Waals surface area contributed by atoms with E-state index >= 15 is 0 Å². The van der Waals surface area contributed by atoms with Crippen LogP contribution >= 0.6 is 0 Å². The van der Waals surface area contributed by atoms with E-state index in [0.29, 0.717) is 0 Å². The van der Waals surface area contributed by atoms with E-state index in [9.17, 15) is 18.0 Å². The zero-order chi connectivity index (χ0) is 24.6. The van der Waals surface area contributed by atoms with Gasteiger partial charge in [0.05, 0.1) is 40.2 Å². The van der Waals surface area contributed by atoms with Crippen LogP contribution in [0.4, 0.5) is 18.0 Å². The van der Waals surface area contributed by atoms with Crippen molar-refractivity contribution in [1.29, 1.82) is 0 Å². The van der Waals surface area contributed by atoms with E-state index in [1.807, 2.05) is 27.7 Å². The number of aromatic nitrogens is 2. The number of rotatable bonds is 2. The summed E-state index contributed by atoms with van der Waals surface area (Å²) in [5.41, 5.74) is -2.36. The van der Waals surface area contributed by atoms with Gasteiger partial charge in [-0.3, -0.25) is 0 Å². The van der Waals surface area contributed by atoms with Crippen molar-refractivity contribution < 1.29 is 32.0 Å². The average molecular weight is 467 g/mol. The number of nitrogens with zero attached hydrogens (tertiary/aromatic N) is 3. The molecule has 11 heteroatoms. The predicted octanol–water partition coefficient (Wildman–Crippen LogP) is 4.15. The van der Waals surface area contributed by atoms with Crippen molar-refractivity contribution in [2.45, 2.75) is 77.5 Å². The molecule has 1 aromatic heterocycles. The summed E-state index contributed by atoms with van der Waals surface area (Å²) in [4.78, 5) is 17.9. The van der Waals surface area contributed by atoms with E-state index in [0.717, 1.165) is 6.07 Å². The molecule has 0 radical (unpaired) electrons. The van der Waals surface area contributed by atoms with Crippen LogP contribution < -0.4 is 5.46 Å².